The van der Waals surface area contributed by atoms with Crippen LogP contribution in [0.25, 0.3) is 0 Å². The number of methoxy groups -OCH3 is 2. The zero-order chi connectivity index (χ0) is 22.4. The molecule has 0 amide bonds. The molecule has 1 aliphatic rings. The van der Waals surface area contributed by atoms with Gasteiger partial charge in [0.15, 0.2) is 0 Å². The van der Waals surface area contributed by atoms with Crippen LogP contribution in [0.1, 0.15) is 56.9 Å². The van der Waals surface area contributed by atoms with Gasteiger partial charge >= 0.3 is 5.97 Å². The monoisotopic (exact) mass is 416 g/mol. The Bertz CT molecular complexity index is 924. The van der Waals surface area contributed by atoms with Crippen LogP contribution in [-0.2, 0) is 9.53 Å². The Morgan fingerprint density at radius 3 is 2.13 bits per heavy atom. The maximum atomic E-state index is 12.4. The molecular formula is C22H28N2O6. The van der Waals surface area contributed by atoms with Crippen LogP contribution in [0, 0.1) is 5.92 Å². The van der Waals surface area contributed by atoms with Crippen molar-refractivity contribution in [2.75, 3.05) is 14.2 Å². The van der Waals surface area contributed by atoms with Crippen molar-refractivity contribution in [2.45, 2.75) is 40.2 Å². The number of esters is 1. The highest BCUT2D eigenvalue weighted by molar-refractivity contribution is 6.27. The minimum Gasteiger partial charge on any atom is -0.496 e. The van der Waals surface area contributed by atoms with Crippen LogP contribution in [0.3, 0.4) is 0 Å². The zero-order valence-electron chi connectivity index (χ0n) is 18.1. The van der Waals surface area contributed by atoms with Crippen molar-refractivity contribution in [3.8, 4) is 11.5 Å². The summed E-state index contributed by atoms with van der Waals surface area (Å²) >= 11 is 0. The number of ether oxygens (including phenoxy) is 3. The first-order valence-corrected chi connectivity index (χ1v) is 9.54. The van der Waals surface area contributed by atoms with E-state index in [4.69, 9.17) is 14.2 Å². The minimum absolute atomic E-state index is 0.200. The van der Waals surface area contributed by atoms with Gasteiger partial charge < -0.3 is 24.6 Å². The van der Waals surface area contributed by atoms with E-state index in [0.717, 1.165) is 5.57 Å². The average molecular weight is 416 g/mol. The van der Waals surface area contributed by atoms with E-state index in [1.165, 1.54) is 26.4 Å². The van der Waals surface area contributed by atoms with Gasteiger partial charge in [-0.25, -0.2) is 0 Å². The van der Waals surface area contributed by atoms with E-state index in [1.54, 1.807) is 19.9 Å². The van der Waals surface area contributed by atoms with Crippen molar-refractivity contribution in [3.05, 3.63) is 46.6 Å². The van der Waals surface area contributed by atoms with E-state index in [-0.39, 0.29) is 23.3 Å². The molecule has 1 aliphatic carbocycles. The molecule has 2 N–H and O–H groups in total. The van der Waals surface area contributed by atoms with E-state index in [0.29, 0.717) is 34.6 Å². The van der Waals surface area contributed by atoms with Gasteiger partial charge in [-0.1, -0.05) is 35.8 Å². The Labute approximate surface area is 176 Å². The van der Waals surface area contributed by atoms with Crippen LogP contribution in [-0.4, -0.2) is 42.0 Å². The van der Waals surface area contributed by atoms with Gasteiger partial charge in [0.25, 0.3) is 0 Å². The Morgan fingerprint density at radius 2 is 1.67 bits per heavy atom. The minimum atomic E-state index is -0.663. The van der Waals surface area contributed by atoms with Gasteiger partial charge in [-0.15, -0.1) is 0 Å². The number of nitrogens with zero attached hydrogens (tertiary/aromatic N) is 2. The molecule has 0 saturated heterocycles. The standard InChI is InChI=1S/C22H28N2O6/c1-12(2)7-10-17(30-22(25)13(3)4)14-11-18(28-5)19-15(23-26)8-9-16(24-27)20(19)21(14)29-6/h7-9,11,13,17,26-27H,10H2,1-6H3/t17-/m0/s1. The maximum Gasteiger partial charge on any atom is 0.308 e. The first kappa shape index (κ1) is 23.0. The van der Waals surface area contributed by atoms with Gasteiger partial charge in [0.05, 0.1) is 31.3 Å². The molecule has 162 valence electrons. The molecule has 0 aromatic heterocycles. The highest BCUT2D eigenvalue weighted by Gasteiger charge is 2.32. The number of hydrogen-bond donors (Lipinski definition) is 2. The van der Waals surface area contributed by atoms with Crippen LogP contribution in [0.2, 0.25) is 0 Å². The van der Waals surface area contributed by atoms with Crippen molar-refractivity contribution in [1.29, 1.82) is 0 Å². The van der Waals surface area contributed by atoms with Gasteiger partial charge in [0.2, 0.25) is 0 Å². The number of oxime groups is 2. The molecule has 8 heteroatoms. The molecule has 0 aliphatic heterocycles. The molecule has 0 unspecified atom stereocenters. The van der Waals surface area contributed by atoms with Crippen molar-refractivity contribution in [1.82, 2.24) is 0 Å². The fourth-order valence-corrected chi connectivity index (χ4v) is 3.13. The quantitative estimate of drug-likeness (QED) is 0.298. The van der Waals surface area contributed by atoms with E-state index >= 15 is 0 Å². The molecule has 0 fully saturated rings. The summed E-state index contributed by atoms with van der Waals surface area (Å²) in [5.41, 5.74) is 2.83. The lowest BCUT2D eigenvalue weighted by molar-refractivity contribution is -0.153. The normalized spacial score (nSPS) is 16.4. The topological polar surface area (TPSA) is 110 Å². The number of allylic oxidation sites excluding steroid dienone is 3. The number of hydrogen-bond acceptors (Lipinski definition) is 8. The fourth-order valence-electron chi connectivity index (χ4n) is 3.13. The second-order valence-corrected chi connectivity index (χ2v) is 7.35. The van der Waals surface area contributed by atoms with Crippen molar-refractivity contribution < 1.29 is 29.4 Å². The number of benzene rings is 1. The van der Waals surface area contributed by atoms with Crippen molar-refractivity contribution >= 4 is 17.4 Å². The summed E-state index contributed by atoms with van der Waals surface area (Å²) in [6.07, 6.45) is 4.71. The molecule has 2 rings (SSSR count). The van der Waals surface area contributed by atoms with Crippen molar-refractivity contribution in [2.24, 2.45) is 16.2 Å². The third kappa shape index (κ3) is 4.64. The third-order valence-electron chi connectivity index (χ3n) is 4.64. The Balaban J connectivity index is 2.80. The molecule has 8 nitrogen and oxygen atoms in total. The first-order chi connectivity index (χ1) is 14.3. The predicted octanol–water partition coefficient (Wildman–Crippen LogP) is 4.23. The lowest BCUT2D eigenvalue weighted by atomic mass is 9.88. The van der Waals surface area contributed by atoms with Gasteiger partial charge in [-0.05, 0) is 32.1 Å². The highest BCUT2D eigenvalue weighted by Crippen LogP contribution is 2.42. The molecule has 0 radical (unpaired) electrons. The summed E-state index contributed by atoms with van der Waals surface area (Å²) in [7, 11) is 2.94. The lowest BCUT2D eigenvalue weighted by Gasteiger charge is -2.26. The van der Waals surface area contributed by atoms with E-state index in [1.807, 2.05) is 19.9 Å². The maximum absolute atomic E-state index is 12.4. The second kappa shape index (κ2) is 9.96. The van der Waals surface area contributed by atoms with Crippen LogP contribution in [0.15, 0.2) is 40.2 Å². The highest BCUT2D eigenvalue weighted by atomic mass is 16.5. The van der Waals surface area contributed by atoms with E-state index in [9.17, 15) is 15.2 Å². The van der Waals surface area contributed by atoms with E-state index in [2.05, 4.69) is 10.3 Å². The molecule has 0 bridgehead atoms. The molecule has 1 aromatic rings. The van der Waals surface area contributed by atoms with Gasteiger partial charge in [-0.3, -0.25) is 4.79 Å². The summed E-state index contributed by atoms with van der Waals surface area (Å²) in [5.74, 6) is 0.0412. The Kier molecular flexibility index (Phi) is 7.63. The lowest BCUT2D eigenvalue weighted by Crippen LogP contribution is -2.21. The summed E-state index contributed by atoms with van der Waals surface area (Å²) in [4.78, 5) is 12.4. The van der Waals surface area contributed by atoms with Gasteiger partial charge in [-0.2, -0.15) is 0 Å². The predicted molar refractivity (Wildman–Crippen MR) is 113 cm³/mol. The SMILES string of the molecule is COc1cc([C@H](CC=C(C)C)OC(=O)C(C)C)c(OC)c2c1C(=NO)C=CC2=NO. The molecule has 0 saturated carbocycles. The van der Waals surface area contributed by atoms with Crippen LogP contribution < -0.4 is 9.47 Å². The molecule has 0 spiro atoms. The van der Waals surface area contributed by atoms with Crippen LogP contribution >= 0.6 is 0 Å². The second-order valence-electron chi connectivity index (χ2n) is 7.35. The number of carbonyl (C=O) groups is 1. The van der Waals surface area contributed by atoms with Gasteiger partial charge in [0.1, 0.15) is 29.0 Å². The fraction of sp³-hybridized carbons (Fsp3) is 0.409. The summed E-state index contributed by atoms with van der Waals surface area (Å²) in [6.45, 7) is 7.43. The summed E-state index contributed by atoms with van der Waals surface area (Å²) in [6, 6.07) is 1.69. The third-order valence-corrected chi connectivity index (χ3v) is 4.64. The number of rotatable bonds is 7. The molecule has 1 atom stereocenters. The summed E-state index contributed by atoms with van der Waals surface area (Å²) < 4.78 is 17.0. The number of carbonyl (C=O) groups excluding carboxylic acids is 1. The average Bonchev–Trinajstić information content (AvgIpc) is 2.73. The Hall–Kier alpha value is -3.29. The summed E-state index contributed by atoms with van der Waals surface area (Å²) in [5, 5.41) is 25.6. The molecular weight excluding hydrogens is 388 g/mol. The Morgan fingerprint density at radius 1 is 1.07 bits per heavy atom. The first-order valence-electron chi connectivity index (χ1n) is 9.54. The smallest absolute Gasteiger partial charge is 0.308 e. The zero-order valence-corrected chi connectivity index (χ0v) is 18.1. The van der Waals surface area contributed by atoms with Crippen molar-refractivity contribution in [3.63, 3.8) is 0 Å². The largest absolute Gasteiger partial charge is 0.496 e. The van der Waals surface area contributed by atoms with Crippen LogP contribution in [0.4, 0.5) is 0 Å². The molecule has 1 aromatic carbocycles. The van der Waals surface area contributed by atoms with Crippen LogP contribution in [0.5, 0.6) is 11.5 Å². The van der Waals surface area contributed by atoms with E-state index < -0.39 is 6.10 Å². The number of fused-ring (bicyclic) bond motifs is 1. The van der Waals surface area contributed by atoms with Gasteiger partial charge in [0, 0.05) is 12.0 Å². The molecule has 0 heterocycles. The molecule has 30 heavy (non-hydrogen) atoms.